The molecule has 166 valence electrons. The number of hydrogen-bond acceptors (Lipinski definition) is 6. The number of para-hydroxylation sites is 1. The van der Waals surface area contributed by atoms with Crippen LogP contribution in [-0.4, -0.2) is 36.9 Å². The molecule has 0 saturated carbocycles. The van der Waals surface area contributed by atoms with Crippen LogP contribution in [0.5, 0.6) is 5.75 Å². The lowest BCUT2D eigenvalue weighted by atomic mass is 9.94. The molecule has 0 saturated heterocycles. The third-order valence-corrected chi connectivity index (χ3v) is 8.31. The Balaban J connectivity index is 1.31. The topological polar surface area (TPSA) is 88.6 Å². The summed E-state index contributed by atoms with van der Waals surface area (Å²) in [5, 5.41) is 3.35. The first-order valence-corrected chi connectivity index (χ1v) is 12.9. The van der Waals surface area contributed by atoms with E-state index >= 15 is 0 Å². The lowest BCUT2D eigenvalue weighted by molar-refractivity contribution is -0.138. The van der Waals surface area contributed by atoms with Crippen molar-refractivity contribution < 1.29 is 17.9 Å². The molecule has 1 atom stereocenters. The Morgan fingerprint density at radius 2 is 2.12 bits per heavy atom. The van der Waals surface area contributed by atoms with E-state index in [1.165, 1.54) is 11.3 Å². The van der Waals surface area contributed by atoms with Crippen LogP contribution in [0.25, 0.3) is 0 Å². The molecule has 32 heavy (non-hydrogen) atoms. The smallest absolute Gasteiger partial charge is 0.264 e. The number of aromatic nitrogens is 1. The van der Waals surface area contributed by atoms with E-state index in [2.05, 4.69) is 9.71 Å². The van der Waals surface area contributed by atoms with Gasteiger partial charge in [-0.25, -0.2) is 13.1 Å². The summed E-state index contributed by atoms with van der Waals surface area (Å²) in [6.45, 7) is 3.07. The lowest BCUT2D eigenvalue weighted by Crippen LogP contribution is -2.44. The highest BCUT2D eigenvalue weighted by Crippen LogP contribution is 2.31. The molecular weight excluding hydrogens is 446 g/mol. The van der Waals surface area contributed by atoms with Gasteiger partial charge in [-0.05, 0) is 53.1 Å². The number of pyridine rings is 1. The molecule has 4 heterocycles. The quantitative estimate of drug-likeness (QED) is 0.621. The van der Waals surface area contributed by atoms with Crippen molar-refractivity contribution in [2.24, 2.45) is 0 Å². The third-order valence-electron chi connectivity index (χ3n) is 6.07. The lowest BCUT2D eigenvalue weighted by Gasteiger charge is -2.32. The molecule has 9 heteroatoms. The van der Waals surface area contributed by atoms with Gasteiger partial charge in [0.15, 0.2) is 6.10 Å². The van der Waals surface area contributed by atoms with Gasteiger partial charge in [-0.1, -0.05) is 18.2 Å². The minimum absolute atomic E-state index is 0.0212. The van der Waals surface area contributed by atoms with Crippen LogP contribution in [0.3, 0.4) is 0 Å². The van der Waals surface area contributed by atoms with E-state index < -0.39 is 16.1 Å². The maximum absolute atomic E-state index is 13.1. The van der Waals surface area contributed by atoms with Crippen LogP contribution in [-0.2, 0) is 40.7 Å². The SMILES string of the molecule is Cc1ncc2c(c1CNS(=O)(=O)c1ccsc1)CCN(C(=O)C1Cc3ccccc3O1)C2. The Morgan fingerprint density at radius 3 is 2.91 bits per heavy atom. The van der Waals surface area contributed by atoms with E-state index in [0.717, 1.165) is 33.7 Å². The highest BCUT2D eigenvalue weighted by molar-refractivity contribution is 7.89. The first kappa shape index (κ1) is 21.1. The molecule has 2 aromatic heterocycles. The van der Waals surface area contributed by atoms with Gasteiger partial charge in [-0.3, -0.25) is 9.78 Å². The molecule has 1 amide bonds. The van der Waals surface area contributed by atoms with Gasteiger partial charge in [-0.15, -0.1) is 0 Å². The fourth-order valence-electron chi connectivity index (χ4n) is 4.32. The molecule has 7 nitrogen and oxygen atoms in total. The van der Waals surface area contributed by atoms with Crippen molar-refractivity contribution in [2.75, 3.05) is 6.54 Å². The molecule has 0 aliphatic carbocycles. The second-order valence-corrected chi connectivity index (χ2v) is 10.6. The molecular formula is C23H23N3O4S2. The molecule has 0 bridgehead atoms. The Hall–Kier alpha value is -2.75. The number of aryl methyl sites for hydroxylation is 1. The highest BCUT2D eigenvalue weighted by atomic mass is 32.2. The van der Waals surface area contributed by atoms with Gasteiger partial charge in [0.2, 0.25) is 10.0 Å². The normalized spacial score (nSPS) is 17.5. The number of thiophene rings is 1. The summed E-state index contributed by atoms with van der Waals surface area (Å²) >= 11 is 1.34. The zero-order valence-corrected chi connectivity index (χ0v) is 19.2. The highest BCUT2D eigenvalue weighted by Gasteiger charge is 2.34. The first-order valence-electron chi connectivity index (χ1n) is 10.4. The van der Waals surface area contributed by atoms with Crippen LogP contribution in [0.2, 0.25) is 0 Å². The van der Waals surface area contributed by atoms with E-state index in [1.807, 2.05) is 36.1 Å². The Morgan fingerprint density at radius 1 is 1.28 bits per heavy atom. The number of ether oxygens (including phenoxy) is 1. The van der Waals surface area contributed by atoms with E-state index in [-0.39, 0.29) is 17.3 Å². The number of carbonyl (C=O) groups is 1. The summed E-state index contributed by atoms with van der Waals surface area (Å²) in [7, 11) is -3.57. The number of nitrogens with one attached hydrogen (secondary N) is 1. The van der Waals surface area contributed by atoms with Crippen molar-refractivity contribution in [3.63, 3.8) is 0 Å². The maximum Gasteiger partial charge on any atom is 0.264 e. The van der Waals surface area contributed by atoms with Crippen LogP contribution in [0.4, 0.5) is 0 Å². The van der Waals surface area contributed by atoms with Gasteiger partial charge in [0, 0.05) is 43.3 Å². The molecule has 2 aliphatic heterocycles. The number of nitrogens with zero attached hydrogens (tertiary/aromatic N) is 2. The largest absolute Gasteiger partial charge is 0.480 e. The van der Waals surface area contributed by atoms with Crippen LogP contribution in [0.1, 0.15) is 27.9 Å². The summed E-state index contributed by atoms with van der Waals surface area (Å²) in [4.78, 5) is 19.7. The summed E-state index contributed by atoms with van der Waals surface area (Å²) in [6.07, 6.45) is 2.54. The zero-order chi connectivity index (χ0) is 22.3. The van der Waals surface area contributed by atoms with Crippen LogP contribution >= 0.6 is 11.3 Å². The monoisotopic (exact) mass is 469 g/mol. The van der Waals surface area contributed by atoms with Crippen molar-refractivity contribution in [1.82, 2.24) is 14.6 Å². The second kappa shape index (κ2) is 8.31. The second-order valence-electron chi connectivity index (χ2n) is 8.04. The van der Waals surface area contributed by atoms with E-state index in [1.54, 1.807) is 23.0 Å². The fourth-order valence-corrected chi connectivity index (χ4v) is 6.35. The van der Waals surface area contributed by atoms with E-state index in [4.69, 9.17) is 4.74 Å². The van der Waals surface area contributed by atoms with Crippen molar-refractivity contribution in [1.29, 1.82) is 0 Å². The standard InChI is InChI=1S/C23H23N3O4S2/c1-15-20(12-25-32(28,29)18-7-9-31-14-18)19-6-8-26(13-17(19)11-24-15)23(27)22-10-16-4-2-3-5-21(16)30-22/h2-5,7,9,11,14,22,25H,6,8,10,12-13H2,1H3. The Labute approximate surface area is 191 Å². The molecule has 1 N–H and O–H groups in total. The predicted molar refractivity (Wildman–Crippen MR) is 121 cm³/mol. The molecule has 1 unspecified atom stereocenters. The van der Waals surface area contributed by atoms with Crippen LogP contribution < -0.4 is 9.46 Å². The number of carbonyl (C=O) groups excluding carboxylic acids is 1. The molecule has 5 rings (SSSR count). The minimum atomic E-state index is -3.57. The number of benzene rings is 1. The predicted octanol–water partition coefficient (Wildman–Crippen LogP) is 2.82. The van der Waals surface area contributed by atoms with Crippen LogP contribution in [0.15, 0.2) is 52.2 Å². The van der Waals surface area contributed by atoms with Gasteiger partial charge in [0.05, 0.1) is 4.90 Å². The molecule has 2 aliphatic rings. The van der Waals surface area contributed by atoms with Crippen molar-refractivity contribution in [2.45, 2.75) is 43.9 Å². The molecule has 1 aromatic carbocycles. The summed E-state index contributed by atoms with van der Waals surface area (Å²) in [5.41, 5.74) is 4.77. The number of hydrogen-bond donors (Lipinski definition) is 1. The van der Waals surface area contributed by atoms with Crippen LogP contribution in [0, 0.1) is 6.92 Å². The summed E-state index contributed by atoms with van der Waals surface area (Å²) in [5.74, 6) is 0.757. The molecule has 0 radical (unpaired) electrons. The number of fused-ring (bicyclic) bond motifs is 2. The van der Waals surface area contributed by atoms with Gasteiger partial charge in [-0.2, -0.15) is 11.3 Å². The Bertz CT molecular complexity index is 1250. The number of rotatable bonds is 5. The molecule has 3 aromatic rings. The summed E-state index contributed by atoms with van der Waals surface area (Å²) < 4.78 is 33.6. The zero-order valence-electron chi connectivity index (χ0n) is 17.6. The van der Waals surface area contributed by atoms with Gasteiger partial charge in [0.25, 0.3) is 5.91 Å². The van der Waals surface area contributed by atoms with Gasteiger partial charge < -0.3 is 9.64 Å². The van der Waals surface area contributed by atoms with Crippen molar-refractivity contribution in [3.8, 4) is 5.75 Å². The van der Waals surface area contributed by atoms with Crippen molar-refractivity contribution in [3.05, 3.63) is 75.2 Å². The number of sulfonamides is 1. The average Bonchev–Trinajstić information content (AvgIpc) is 3.48. The first-order chi connectivity index (χ1) is 15.4. The minimum Gasteiger partial charge on any atom is -0.480 e. The van der Waals surface area contributed by atoms with E-state index in [0.29, 0.717) is 25.9 Å². The fraction of sp³-hybridized carbons (Fsp3) is 0.304. The average molecular weight is 470 g/mol. The Kier molecular flexibility index (Phi) is 5.48. The molecule has 0 spiro atoms. The van der Waals surface area contributed by atoms with Gasteiger partial charge >= 0.3 is 0 Å². The van der Waals surface area contributed by atoms with Crippen molar-refractivity contribution >= 4 is 27.3 Å². The number of amides is 1. The third kappa shape index (κ3) is 3.92. The maximum atomic E-state index is 13.1. The molecule has 0 fully saturated rings. The van der Waals surface area contributed by atoms with E-state index in [9.17, 15) is 13.2 Å². The van der Waals surface area contributed by atoms with Gasteiger partial charge in [0.1, 0.15) is 5.75 Å². The summed E-state index contributed by atoms with van der Waals surface area (Å²) in [6, 6.07) is 9.33.